The molecule has 1 aromatic rings. The van der Waals surface area contributed by atoms with Crippen LogP contribution in [0, 0.1) is 0 Å². The predicted octanol–water partition coefficient (Wildman–Crippen LogP) is 1.83. The van der Waals surface area contributed by atoms with Crippen molar-refractivity contribution >= 4 is 29.1 Å². The van der Waals surface area contributed by atoms with Crippen LogP contribution in [0.3, 0.4) is 0 Å². The van der Waals surface area contributed by atoms with Gasteiger partial charge in [0.05, 0.1) is 5.02 Å². The van der Waals surface area contributed by atoms with Crippen LogP contribution in [0.5, 0.6) is 0 Å². The molecule has 1 rings (SSSR count). The maximum atomic E-state index is 11.8. The van der Waals surface area contributed by atoms with Gasteiger partial charge in [0.15, 0.2) is 0 Å². The van der Waals surface area contributed by atoms with E-state index in [0.717, 1.165) is 0 Å². The lowest BCUT2D eigenvalue weighted by molar-refractivity contribution is 0.0926. The van der Waals surface area contributed by atoms with E-state index in [2.05, 4.69) is 5.32 Å². The van der Waals surface area contributed by atoms with Crippen molar-refractivity contribution in [2.45, 2.75) is 19.4 Å². The zero-order valence-electron chi connectivity index (χ0n) is 9.13. The molecule has 16 heavy (non-hydrogen) atoms. The molecule has 0 aliphatic rings. The van der Waals surface area contributed by atoms with E-state index in [1.54, 1.807) is 7.05 Å². The summed E-state index contributed by atoms with van der Waals surface area (Å²) in [6.45, 7) is 1.86. The molecule has 4 nitrogen and oxygen atoms in total. The number of halogens is 2. The first kappa shape index (κ1) is 13.4. The van der Waals surface area contributed by atoms with E-state index in [0.29, 0.717) is 22.3 Å². The Hall–Kier alpha value is -0.710. The van der Waals surface area contributed by atoms with Gasteiger partial charge in [-0.25, -0.2) is 0 Å². The molecule has 0 bridgehead atoms. The molecule has 2 N–H and O–H groups in total. The van der Waals surface area contributed by atoms with E-state index in [1.165, 1.54) is 10.6 Å². The predicted molar refractivity (Wildman–Crippen MR) is 64.1 cm³/mol. The van der Waals surface area contributed by atoms with Crippen LogP contribution in [0.15, 0.2) is 6.07 Å². The zero-order valence-corrected chi connectivity index (χ0v) is 10.6. The van der Waals surface area contributed by atoms with Gasteiger partial charge in [0.1, 0.15) is 10.8 Å². The topological polar surface area (TPSA) is 54.3 Å². The van der Waals surface area contributed by atoms with Crippen molar-refractivity contribution in [2.24, 2.45) is 7.05 Å². The minimum atomic E-state index is -0.253. The first-order chi connectivity index (χ1) is 7.47. The number of aliphatic hydroxyl groups is 1. The van der Waals surface area contributed by atoms with E-state index in [9.17, 15) is 4.79 Å². The molecule has 0 aliphatic heterocycles. The number of rotatable bonds is 4. The van der Waals surface area contributed by atoms with E-state index < -0.39 is 0 Å². The maximum absolute atomic E-state index is 11.8. The van der Waals surface area contributed by atoms with Gasteiger partial charge in [0, 0.05) is 19.7 Å². The fourth-order valence-corrected chi connectivity index (χ4v) is 1.70. The van der Waals surface area contributed by atoms with Crippen LogP contribution < -0.4 is 5.32 Å². The van der Waals surface area contributed by atoms with Crippen molar-refractivity contribution in [2.75, 3.05) is 6.61 Å². The quantitative estimate of drug-likeness (QED) is 0.872. The lowest BCUT2D eigenvalue weighted by Crippen LogP contribution is -2.34. The number of amides is 1. The summed E-state index contributed by atoms with van der Waals surface area (Å²) in [7, 11) is 1.67. The first-order valence-electron chi connectivity index (χ1n) is 4.89. The highest BCUT2D eigenvalue weighted by molar-refractivity contribution is 6.41. The molecule has 0 aliphatic carbocycles. The first-order valence-corrected chi connectivity index (χ1v) is 5.65. The molecule has 1 atom stereocenters. The maximum Gasteiger partial charge on any atom is 0.268 e. The summed E-state index contributed by atoms with van der Waals surface area (Å²) >= 11 is 11.7. The van der Waals surface area contributed by atoms with E-state index in [-0.39, 0.29) is 18.6 Å². The molecule has 0 fully saturated rings. The van der Waals surface area contributed by atoms with Gasteiger partial charge in [-0.2, -0.15) is 0 Å². The summed E-state index contributed by atoms with van der Waals surface area (Å²) in [6.07, 6.45) is 0.512. The smallest absolute Gasteiger partial charge is 0.268 e. The molecule has 1 unspecified atom stereocenters. The van der Waals surface area contributed by atoms with Gasteiger partial charge in [0.2, 0.25) is 0 Å². The lowest BCUT2D eigenvalue weighted by Gasteiger charge is -2.12. The van der Waals surface area contributed by atoms with Crippen molar-refractivity contribution in [3.8, 4) is 0 Å². The lowest BCUT2D eigenvalue weighted by atomic mass is 10.2. The van der Waals surface area contributed by atoms with Crippen LogP contribution in [0.25, 0.3) is 0 Å². The van der Waals surface area contributed by atoms with Gasteiger partial charge in [0.25, 0.3) is 5.91 Å². The molecule has 0 radical (unpaired) electrons. The van der Waals surface area contributed by atoms with Crippen LogP contribution in [0.4, 0.5) is 0 Å². The summed E-state index contributed by atoms with van der Waals surface area (Å²) in [4.78, 5) is 11.8. The summed E-state index contributed by atoms with van der Waals surface area (Å²) < 4.78 is 1.52. The SMILES string of the molecule is CC(CCO)NC(=O)c1cc(Cl)c(Cl)n1C. The Morgan fingerprint density at radius 3 is 2.69 bits per heavy atom. The average Bonchev–Trinajstić information content (AvgIpc) is 2.46. The van der Waals surface area contributed by atoms with Gasteiger partial charge >= 0.3 is 0 Å². The van der Waals surface area contributed by atoms with Crippen molar-refractivity contribution < 1.29 is 9.90 Å². The molecule has 0 spiro atoms. The monoisotopic (exact) mass is 264 g/mol. The summed E-state index contributed by atoms with van der Waals surface area (Å²) in [5, 5.41) is 12.2. The van der Waals surface area contributed by atoms with Crippen molar-refractivity contribution in [3.05, 3.63) is 21.9 Å². The molecule has 1 aromatic heterocycles. The Morgan fingerprint density at radius 1 is 1.62 bits per heavy atom. The minimum absolute atomic E-state index is 0.0378. The second kappa shape index (κ2) is 5.57. The van der Waals surface area contributed by atoms with Gasteiger partial charge in [-0.1, -0.05) is 23.2 Å². The zero-order chi connectivity index (χ0) is 12.3. The Morgan fingerprint density at radius 2 is 2.25 bits per heavy atom. The number of aromatic nitrogens is 1. The van der Waals surface area contributed by atoms with Crippen LogP contribution in [0.1, 0.15) is 23.8 Å². The molecule has 0 aromatic carbocycles. The average molecular weight is 265 g/mol. The van der Waals surface area contributed by atoms with Crippen LogP contribution in [-0.4, -0.2) is 28.2 Å². The highest BCUT2D eigenvalue weighted by Crippen LogP contribution is 2.25. The Balaban J connectivity index is 2.77. The van der Waals surface area contributed by atoms with Crippen molar-refractivity contribution in [1.82, 2.24) is 9.88 Å². The summed E-state index contributed by atoms with van der Waals surface area (Å²) in [5.74, 6) is -0.253. The summed E-state index contributed by atoms with van der Waals surface area (Å²) in [6, 6.07) is 1.43. The van der Waals surface area contributed by atoms with E-state index in [1.807, 2.05) is 6.92 Å². The van der Waals surface area contributed by atoms with Gasteiger partial charge < -0.3 is 15.0 Å². The van der Waals surface area contributed by atoms with Crippen LogP contribution in [0.2, 0.25) is 10.2 Å². The van der Waals surface area contributed by atoms with Crippen molar-refractivity contribution in [3.63, 3.8) is 0 Å². The number of nitrogens with one attached hydrogen (secondary N) is 1. The van der Waals surface area contributed by atoms with Crippen LogP contribution >= 0.6 is 23.2 Å². The second-order valence-corrected chi connectivity index (χ2v) is 4.38. The van der Waals surface area contributed by atoms with Gasteiger partial charge in [-0.3, -0.25) is 4.79 Å². The van der Waals surface area contributed by atoms with Gasteiger partial charge in [-0.15, -0.1) is 0 Å². The minimum Gasteiger partial charge on any atom is -0.396 e. The van der Waals surface area contributed by atoms with E-state index in [4.69, 9.17) is 28.3 Å². The molecule has 0 saturated carbocycles. The molecule has 1 heterocycles. The third kappa shape index (κ3) is 2.90. The number of aliphatic hydroxyl groups excluding tert-OH is 1. The second-order valence-electron chi connectivity index (χ2n) is 3.61. The highest BCUT2D eigenvalue weighted by Gasteiger charge is 2.16. The molecule has 90 valence electrons. The number of hydrogen-bond donors (Lipinski definition) is 2. The summed E-state index contributed by atoms with van der Waals surface area (Å²) in [5.41, 5.74) is 0.403. The number of carbonyl (C=O) groups excluding carboxylic acids is 1. The Labute approximate surface area is 104 Å². The third-order valence-electron chi connectivity index (χ3n) is 2.29. The third-order valence-corrected chi connectivity index (χ3v) is 3.13. The number of hydrogen-bond acceptors (Lipinski definition) is 2. The fourth-order valence-electron chi connectivity index (χ4n) is 1.32. The number of carbonyl (C=O) groups is 1. The normalized spacial score (nSPS) is 12.6. The number of nitrogens with zero attached hydrogens (tertiary/aromatic N) is 1. The van der Waals surface area contributed by atoms with Crippen LogP contribution in [-0.2, 0) is 7.05 Å². The molecular formula is C10H14Cl2N2O2. The largest absolute Gasteiger partial charge is 0.396 e. The van der Waals surface area contributed by atoms with Gasteiger partial charge in [-0.05, 0) is 19.4 Å². The molecule has 1 amide bonds. The highest BCUT2D eigenvalue weighted by atomic mass is 35.5. The molecule has 6 heteroatoms. The van der Waals surface area contributed by atoms with Crippen molar-refractivity contribution in [1.29, 1.82) is 0 Å². The molecule has 0 saturated heterocycles. The molecular weight excluding hydrogens is 251 g/mol. The standard InChI is InChI=1S/C10H14Cl2N2O2/c1-6(3-4-15)13-10(16)8-5-7(11)9(12)14(8)2/h5-6,15H,3-4H2,1-2H3,(H,13,16). The fraction of sp³-hybridized carbons (Fsp3) is 0.500. The Bertz CT molecular complexity index is 390. The van der Waals surface area contributed by atoms with E-state index >= 15 is 0 Å². The Kier molecular flexibility index (Phi) is 4.65.